The van der Waals surface area contributed by atoms with Crippen LogP contribution in [-0.4, -0.2) is 24.2 Å². The maximum absolute atomic E-state index is 9.93. The van der Waals surface area contributed by atoms with Crippen molar-refractivity contribution in [2.75, 3.05) is 13.1 Å². The first-order chi connectivity index (χ1) is 4.77. The Morgan fingerprint density at radius 3 is 2.90 bits per heavy atom. The van der Waals surface area contributed by atoms with Crippen molar-refractivity contribution < 1.29 is 9.90 Å². The van der Waals surface area contributed by atoms with Gasteiger partial charge in [0.1, 0.15) is 0 Å². The molecular weight excluding hydrogens is 130 g/mol. The Labute approximate surface area is 60.1 Å². The number of carbonyl (C=O) groups is 1. The largest absolute Gasteiger partial charge is 0.480 e. The molecule has 0 aromatic carbocycles. The minimum Gasteiger partial charge on any atom is -0.480 e. The second kappa shape index (κ2) is 6.04. The van der Waals surface area contributed by atoms with E-state index in [-0.39, 0.29) is 6.54 Å². The number of carboxylic acids is 1. The second-order valence-corrected chi connectivity index (χ2v) is 1.69. The summed E-state index contributed by atoms with van der Waals surface area (Å²) >= 11 is 0. The summed E-state index contributed by atoms with van der Waals surface area (Å²) in [6, 6.07) is 0. The van der Waals surface area contributed by atoms with Crippen LogP contribution in [0.25, 0.3) is 0 Å². The highest BCUT2D eigenvalue weighted by molar-refractivity contribution is 5.68. The van der Waals surface area contributed by atoms with E-state index in [0.29, 0.717) is 6.54 Å². The third-order valence-electron chi connectivity index (χ3n) is 0.811. The Balaban J connectivity index is 3.12. The normalized spacial score (nSPS) is 10.0. The average Bonchev–Trinajstić information content (AvgIpc) is 1.87. The van der Waals surface area contributed by atoms with E-state index < -0.39 is 5.97 Å². The van der Waals surface area contributed by atoms with Crippen molar-refractivity contribution >= 4 is 5.97 Å². The molecule has 0 atom stereocenters. The van der Waals surface area contributed by atoms with Gasteiger partial charge >= 0.3 is 5.97 Å². The molecule has 0 aliphatic heterocycles. The highest BCUT2D eigenvalue weighted by Gasteiger charge is 1.90. The first-order valence-electron chi connectivity index (χ1n) is 2.97. The number of hydrogen-bond acceptors (Lipinski definition) is 2. The molecule has 3 heteroatoms. The zero-order valence-electron chi connectivity index (χ0n) is 5.71. The van der Waals surface area contributed by atoms with Crippen LogP contribution in [0.3, 0.4) is 0 Å². The topological polar surface area (TPSA) is 49.3 Å². The van der Waals surface area contributed by atoms with Crippen LogP contribution in [0.15, 0.2) is 24.8 Å². The fraction of sp³-hybridized carbons (Fsp3) is 0.286. The van der Waals surface area contributed by atoms with Crippen molar-refractivity contribution in [1.82, 2.24) is 5.32 Å². The van der Waals surface area contributed by atoms with Crippen LogP contribution in [0, 0.1) is 0 Å². The molecule has 0 spiro atoms. The Hall–Kier alpha value is -1.09. The van der Waals surface area contributed by atoms with Crippen molar-refractivity contribution in [1.29, 1.82) is 0 Å². The van der Waals surface area contributed by atoms with E-state index >= 15 is 0 Å². The first-order valence-corrected chi connectivity index (χ1v) is 2.97. The van der Waals surface area contributed by atoms with E-state index in [1.54, 1.807) is 18.2 Å². The number of carboxylic acid groups (broad SMARTS) is 1. The zero-order valence-corrected chi connectivity index (χ0v) is 5.71. The molecule has 0 aliphatic rings. The van der Waals surface area contributed by atoms with Crippen molar-refractivity contribution in [3.8, 4) is 0 Å². The molecule has 0 aliphatic carbocycles. The Bertz CT molecular complexity index is 141. The minimum atomic E-state index is -0.841. The monoisotopic (exact) mass is 141 g/mol. The van der Waals surface area contributed by atoms with Crippen LogP contribution in [0.2, 0.25) is 0 Å². The smallest absolute Gasteiger partial charge is 0.317 e. The van der Waals surface area contributed by atoms with Gasteiger partial charge in [0.05, 0.1) is 6.54 Å². The predicted octanol–water partition coefficient (Wildman–Crippen LogP) is 0.403. The summed E-state index contributed by atoms with van der Waals surface area (Å²) in [5.41, 5.74) is 0. The molecule has 0 aromatic rings. The average molecular weight is 141 g/mol. The lowest BCUT2D eigenvalue weighted by molar-refractivity contribution is -0.135. The Morgan fingerprint density at radius 2 is 2.40 bits per heavy atom. The highest BCUT2D eigenvalue weighted by Crippen LogP contribution is 1.70. The summed E-state index contributed by atoms with van der Waals surface area (Å²) in [4.78, 5) is 9.93. The molecule has 2 N–H and O–H groups in total. The summed E-state index contributed by atoms with van der Waals surface area (Å²) in [6.07, 6.45) is 5.20. The van der Waals surface area contributed by atoms with Crippen LogP contribution >= 0.6 is 0 Å². The van der Waals surface area contributed by atoms with Crippen LogP contribution < -0.4 is 5.32 Å². The van der Waals surface area contributed by atoms with Gasteiger partial charge in [-0.2, -0.15) is 0 Å². The van der Waals surface area contributed by atoms with Gasteiger partial charge in [0.25, 0.3) is 0 Å². The summed E-state index contributed by atoms with van der Waals surface area (Å²) in [5, 5.41) is 10.8. The van der Waals surface area contributed by atoms with Gasteiger partial charge in [0.2, 0.25) is 0 Å². The van der Waals surface area contributed by atoms with Crippen molar-refractivity contribution in [3.63, 3.8) is 0 Å². The number of hydrogen-bond donors (Lipinski definition) is 2. The van der Waals surface area contributed by atoms with Gasteiger partial charge in [-0.15, -0.1) is 0 Å². The van der Waals surface area contributed by atoms with E-state index in [1.165, 1.54) is 0 Å². The molecule has 0 heterocycles. The van der Waals surface area contributed by atoms with Crippen molar-refractivity contribution in [2.24, 2.45) is 0 Å². The van der Waals surface area contributed by atoms with Crippen LogP contribution in [0.1, 0.15) is 0 Å². The lowest BCUT2D eigenvalue weighted by atomic mass is 10.5. The maximum Gasteiger partial charge on any atom is 0.317 e. The van der Waals surface area contributed by atoms with Gasteiger partial charge in [-0.25, -0.2) is 0 Å². The van der Waals surface area contributed by atoms with E-state index in [4.69, 9.17) is 5.11 Å². The van der Waals surface area contributed by atoms with Gasteiger partial charge in [0, 0.05) is 6.54 Å². The van der Waals surface area contributed by atoms with Crippen LogP contribution in [0.4, 0.5) is 0 Å². The quantitative estimate of drug-likeness (QED) is 0.430. The molecule has 0 amide bonds. The van der Waals surface area contributed by atoms with E-state index in [0.717, 1.165) is 0 Å². The molecule has 0 bridgehead atoms. The van der Waals surface area contributed by atoms with Crippen LogP contribution in [-0.2, 0) is 4.79 Å². The molecule has 0 unspecified atom stereocenters. The first kappa shape index (κ1) is 8.91. The van der Waals surface area contributed by atoms with Crippen molar-refractivity contribution in [3.05, 3.63) is 24.8 Å². The van der Waals surface area contributed by atoms with Gasteiger partial charge in [0.15, 0.2) is 0 Å². The van der Waals surface area contributed by atoms with E-state index in [9.17, 15) is 4.79 Å². The molecule has 0 saturated carbocycles. The fourth-order valence-corrected chi connectivity index (χ4v) is 0.427. The molecule has 0 rings (SSSR count). The molecular formula is C7H11NO2. The van der Waals surface area contributed by atoms with Gasteiger partial charge in [-0.1, -0.05) is 24.8 Å². The molecule has 0 fully saturated rings. The molecule has 3 nitrogen and oxygen atoms in total. The fourth-order valence-electron chi connectivity index (χ4n) is 0.427. The lowest BCUT2D eigenvalue weighted by Crippen LogP contribution is -2.22. The number of rotatable bonds is 5. The summed E-state index contributed by atoms with van der Waals surface area (Å²) in [7, 11) is 0. The summed E-state index contributed by atoms with van der Waals surface area (Å²) < 4.78 is 0. The van der Waals surface area contributed by atoms with E-state index in [2.05, 4.69) is 11.9 Å². The highest BCUT2D eigenvalue weighted by atomic mass is 16.4. The third kappa shape index (κ3) is 6.91. The van der Waals surface area contributed by atoms with E-state index in [1.807, 2.05) is 0 Å². The predicted molar refractivity (Wildman–Crippen MR) is 39.8 cm³/mol. The standard InChI is InChI=1S/C7H11NO2/c1-2-3-4-5-8-6-7(9)10/h2-4,8H,1,5-6H2,(H,9,10)/b4-3-. The third-order valence-corrected chi connectivity index (χ3v) is 0.811. The number of allylic oxidation sites excluding steroid dienone is 2. The molecule has 0 radical (unpaired) electrons. The molecule has 0 aromatic heterocycles. The second-order valence-electron chi connectivity index (χ2n) is 1.69. The van der Waals surface area contributed by atoms with Gasteiger partial charge < -0.3 is 10.4 Å². The van der Waals surface area contributed by atoms with Gasteiger partial charge in [-0.3, -0.25) is 4.79 Å². The lowest BCUT2D eigenvalue weighted by Gasteiger charge is -1.92. The number of aliphatic carboxylic acids is 1. The van der Waals surface area contributed by atoms with Crippen LogP contribution in [0.5, 0.6) is 0 Å². The summed E-state index contributed by atoms with van der Waals surface area (Å²) in [5.74, 6) is -0.841. The molecule has 56 valence electrons. The van der Waals surface area contributed by atoms with Gasteiger partial charge in [-0.05, 0) is 0 Å². The molecule has 10 heavy (non-hydrogen) atoms. The minimum absolute atomic E-state index is 0.00147. The number of nitrogens with one attached hydrogen (secondary N) is 1. The Kier molecular flexibility index (Phi) is 5.38. The SMILES string of the molecule is C=C/C=C\CNCC(=O)O. The molecule has 0 saturated heterocycles. The zero-order chi connectivity index (χ0) is 7.82. The van der Waals surface area contributed by atoms with Crippen molar-refractivity contribution in [2.45, 2.75) is 0 Å². The summed E-state index contributed by atoms with van der Waals surface area (Å²) in [6.45, 7) is 4.03. The maximum atomic E-state index is 9.93. The Morgan fingerprint density at radius 1 is 1.70 bits per heavy atom.